The molecular formula is C13H17NO6. The van der Waals surface area contributed by atoms with Gasteiger partial charge in [0.15, 0.2) is 0 Å². The van der Waals surface area contributed by atoms with E-state index in [0.29, 0.717) is 5.56 Å². The number of rotatable bonds is 6. The molecule has 7 nitrogen and oxygen atoms in total. The summed E-state index contributed by atoms with van der Waals surface area (Å²) in [4.78, 5) is 21.4. The zero-order valence-corrected chi connectivity index (χ0v) is 11.3. The maximum atomic E-state index is 11.2. The maximum absolute atomic E-state index is 11.2. The highest BCUT2D eigenvalue weighted by Gasteiger charge is 2.24. The lowest BCUT2D eigenvalue weighted by molar-refractivity contribution is -0.385. The van der Waals surface area contributed by atoms with Crippen molar-refractivity contribution in [3.63, 3.8) is 0 Å². The number of nitrogens with zero attached hydrogens (tertiary/aromatic N) is 1. The van der Waals surface area contributed by atoms with E-state index in [1.807, 2.05) is 0 Å². The van der Waals surface area contributed by atoms with E-state index in [1.165, 1.54) is 18.2 Å². The number of hydrogen-bond acceptors (Lipinski definition) is 6. The first-order valence-corrected chi connectivity index (χ1v) is 6.13. The van der Waals surface area contributed by atoms with Crippen molar-refractivity contribution in [3.8, 4) is 0 Å². The van der Waals surface area contributed by atoms with Gasteiger partial charge in [-0.25, -0.2) is 0 Å². The number of nitro benzene ring substituents is 1. The van der Waals surface area contributed by atoms with Crippen LogP contribution in [-0.2, 0) is 9.53 Å². The third kappa shape index (κ3) is 4.29. The minimum atomic E-state index is -1.39. The van der Waals surface area contributed by atoms with E-state index in [2.05, 4.69) is 4.74 Å². The van der Waals surface area contributed by atoms with Crippen LogP contribution in [0.1, 0.15) is 30.6 Å². The molecule has 0 aliphatic carbocycles. The highest BCUT2D eigenvalue weighted by Crippen LogP contribution is 2.25. The number of carbonyl (C=O) groups excluding carboxylic acids is 1. The fourth-order valence-corrected chi connectivity index (χ4v) is 1.79. The molecule has 1 aromatic carbocycles. The summed E-state index contributed by atoms with van der Waals surface area (Å²) in [7, 11) is 0. The minimum absolute atomic E-state index is 0.178. The average Bonchev–Trinajstić information content (AvgIpc) is 2.37. The second-order valence-corrected chi connectivity index (χ2v) is 4.38. The molecule has 0 amide bonds. The van der Waals surface area contributed by atoms with Crippen molar-refractivity contribution in [3.05, 3.63) is 39.4 Å². The van der Waals surface area contributed by atoms with E-state index in [-0.39, 0.29) is 24.3 Å². The van der Waals surface area contributed by atoms with Crippen LogP contribution >= 0.6 is 0 Å². The molecular weight excluding hydrogens is 266 g/mol. The smallest absolute Gasteiger partial charge is 0.308 e. The van der Waals surface area contributed by atoms with Gasteiger partial charge in [-0.1, -0.05) is 6.07 Å². The Morgan fingerprint density at radius 1 is 1.40 bits per heavy atom. The summed E-state index contributed by atoms with van der Waals surface area (Å²) in [6, 6.07) is 4.05. The first kappa shape index (κ1) is 16.1. The van der Waals surface area contributed by atoms with Gasteiger partial charge in [0.25, 0.3) is 5.69 Å². The molecule has 2 unspecified atom stereocenters. The van der Waals surface area contributed by atoms with E-state index in [9.17, 15) is 25.1 Å². The van der Waals surface area contributed by atoms with Crippen LogP contribution in [0.4, 0.5) is 5.69 Å². The number of benzene rings is 1. The highest BCUT2D eigenvalue weighted by molar-refractivity contribution is 5.70. The van der Waals surface area contributed by atoms with Gasteiger partial charge in [0.2, 0.25) is 0 Å². The van der Waals surface area contributed by atoms with Gasteiger partial charge in [-0.15, -0.1) is 0 Å². The minimum Gasteiger partial charge on any atom is -0.466 e. The molecule has 0 aromatic heterocycles. The Bertz CT molecular complexity index is 502. The number of nitro groups is 1. The van der Waals surface area contributed by atoms with Gasteiger partial charge in [-0.05, 0) is 25.0 Å². The van der Waals surface area contributed by atoms with E-state index in [4.69, 9.17) is 0 Å². The number of aliphatic hydroxyl groups is 2. The van der Waals surface area contributed by atoms with Crippen LogP contribution in [0.3, 0.4) is 0 Å². The average molecular weight is 283 g/mol. The largest absolute Gasteiger partial charge is 0.466 e. The van der Waals surface area contributed by atoms with Gasteiger partial charge < -0.3 is 14.9 Å². The quantitative estimate of drug-likeness (QED) is 0.462. The van der Waals surface area contributed by atoms with Crippen molar-refractivity contribution in [2.24, 2.45) is 0 Å². The first-order valence-electron chi connectivity index (χ1n) is 6.13. The molecule has 0 radical (unpaired) electrons. The molecule has 110 valence electrons. The fourth-order valence-electron chi connectivity index (χ4n) is 1.79. The van der Waals surface area contributed by atoms with Crippen LogP contribution in [-0.4, -0.2) is 33.8 Å². The van der Waals surface area contributed by atoms with E-state index >= 15 is 0 Å². The van der Waals surface area contributed by atoms with Crippen LogP contribution in [0.25, 0.3) is 0 Å². The summed E-state index contributed by atoms with van der Waals surface area (Å²) in [5, 5.41) is 30.5. The molecule has 0 spiro atoms. The zero-order chi connectivity index (χ0) is 15.3. The Labute approximate surface area is 116 Å². The Balaban J connectivity index is 2.88. The highest BCUT2D eigenvalue weighted by atomic mass is 16.6. The molecule has 2 atom stereocenters. The molecule has 1 rings (SSSR count). The van der Waals surface area contributed by atoms with Gasteiger partial charge in [-0.3, -0.25) is 14.9 Å². The predicted octanol–water partition coefficient (Wildman–Crippen LogP) is 1.25. The number of hydrogen-bond donors (Lipinski definition) is 2. The summed E-state index contributed by atoms with van der Waals surface area (Å²) < 4.78 is 4.67. The predicted molar refractivity (Wildman–Crippen MR) is 70.1 cm³/mol. The number of aryl methyl sites for hydroxylation is 1. The molecule has 20 heavy (non-hydrogen) atoms. The number of carbonyl (C=O) groups is 1. The van der Waals surface area contributed by atoms with Crippen molar-refractivity contribution >= 4 is 11.7 Å². The maximum Gasteiger partial charge on any atom is 0.308 e. The van der Waals surface area contributed by atoms with E-state index in [0.717, 1.165) is 0 Å². The standard InChI is InChI=1S/C13H17NO6/c1-3-20-12(16)7-11(15)13(17)9-4-8(2)5-10(6-9)14(18)19/h4-6,11,13,15,17H,3,7H2,1-2H3. The molecule has 0 heterocycles. The number of esters is 1. The Morgan fingerprint density at radius 3 is 2.60 bits per heavy atom. The number of non-ortho nitro benzene ring substituents is 1. The Kier molecular flexibility index (Phi) is 5.60. The Morgan fingerprint density at radius 2 is 2.05 bits per heavy atom. The summed E-state index contributed by atoms with van der Waals surface area (Å²) >= 11 is 0. The third-order valence-corrected chi connectivity index (χ3v) is 2.68. The topological polar surface area (TPSA) is 110 Å². The van der Waals surface area contributed by atoms with Crippen molar-refractivity contribution in [1.29, 1.82) is 0 Å². The summed E-state index contributed by atoms with van der Waals surface area (Å²) in [6.45, 7) is 3.45. The van der Waals surface area contributed by atoms with Crippen molar-refractivity contribution < 1.29 is 24.7 Å². The second-order valence-electron chi connectivity index (χ2n) is 4.38. The lowest BCUT2D eigenvalue weighted by Crippen LogP contribution is -2.23. The molecule has 0 bridgehead atoms. The van der Waals surface area contributed by atoms with Crippen molar-refractivity contribution in [1.82, 2.24) is 0 Å². The van der Waals surface area contributed by atoms with Crippen LogP contribution in [0, 0.1) is 17.0 Å². The molecule has 0 aliphatic heterocycles. The summed E-state index contributed by atoms with van der Waals surface area (Å²) in [5.41, 5.74) is 0.590. The number of aliphatic hydroxyl groups excluding tert-OH is 2. The van der Waals surface area contributed by atoms with E-state index < -0.39 is 23.1 Å². The second kappa shape index (κ2) is 6.97. The molecule has 0 fully saturated rings. The molecule has 0 saturated heterocycles. The molecule has 2 N–H and O–H groups in total. The molecule has 7 heteroatoms. The Hall–Kier alpha value is -1.99. The lowest BCUT2D eigenvalue weighted by Gasteiger charge is -2.17. The van der Waals surface area contributed by atoms with Gasteiger partial charge in [-0.2, -0.15) is 0 Å². The summed E-state index contributed by atoms with van der Waals surface area (Å²) in [6.07, 6.45) is -3.15. The van der Waals surface area contributed by atoms with Gasteiger partial charge >= 0.3 is 5.97 Å². The van der Waals surface area contributed by atoms with Crippen LogP contribution < -0.4 is 0 Å². The fraction of sp³-hybridized carbons (Fsp3) is 0.462. The van der Waals surface area contributed by atoms with Crippen molar-refractivity contribution in [2.75, 3.05) is 6.61 Å². The SMILES string of the molecule is CCOC(=O)CC(O)C(O)c1cc(C)cc([N+](=O)[O-])c1. The lowest BCUT2D eigenvalue weighted by atomic mass is 9.99. The van der Waals surface area contributed by atoms with Gasteiger partial charge in [0.05, 0.1) is 24.1 Å². The van der Waals surface area contributed by atoms with Crippen LogP contribution in [0.15, 0.2) is 18.2 Å². The van der Waals surface area contributed by atoms with Gasteiger partial charge in [0, 0.05) is 12.1 Å². The van der Waals surface area contributed by atoms with Crippen LogP contribution in [0.2, 0.25) is 0 Å². The normalized spacial score (nSPS) is 13.6. The van der Waals surface area contributed by atoms with Crippen molar-refractivity contribution in [2.45, 2.75) is 32.5 Å². The number of ether oxygens (including phenoxy) is 1. The monoisotopic (exact) mass is 283 g/mol. The molecule has 0 saturated carbocycles. The first-order chi connectivity index (χ1) is 9.35. The third-order valence-electron chi connectivity index (χ3n) is 2.68. The van der Waals surface area contributed by atoms with E-state index in [1.54, 1.807) is 13.8 Å². The van der Waals surface area contributed by atoms with Gasteiger partial charge in [0.1, 0.15) is 6.10 Å². The molecule has 1 aromatic rings. The molecule has 0 aliphatic rings. The van der Waals surface area contributed by atoms with Crippen LogP contribution in [0.5, 0.6) is 0 Å². The summed E-state index contributed by atoms with van der Waals surface area (Å²) in [5.74, 6) is -0.638. The zero-order valence-electron chi connectivity index (χ0n) is 11.3.